The Morgan fingerprint density at radius 2 is 2.17 bits per heavy atom. The predicted octanol–water partition coefficient (Wildman–Crippen LogP) is 2.95. The Morgan fingerprint density at radius 1 is 1.42 bits per heavy atom. The van der Waals surface area contributed by atoms with E-state index in [0.717, 1.165) is 22.6 Å². The molecule has 1 N–H and O–H groups in total. The predicted molar refractivity (Wildman–Crippen MR) is 54.7 cm³/mol. The highest BCUT2D eigenvalue weighted by Crippen LogP contribution is 2.22. The topological polar surface area (TPSA) is 20.2 Å². The Bertz CT molecular complexity index is 258. The number of thioether (sulfide) groups is 1. The van der Waals surface area contributed by atoms with Crippen LogP contribution in [0.1, 0.15) is 18.1 Å². The van der Waals surface area contributed by atoms with Gasteiger partial charge in [0.25, 0.3) is 0 Å². The summed E-state index contributed by atoms with van der Waals surface area (Å²) in [6, 6.07) is 5.84. The van der Waals surface area contributed by atoms with Gasteiger partial charge in [-0.25, -0.2) is 0 Å². The summed E-state index contributed by atoms with van der Waals surface area (Å²) in [5, 5.41) is 9.50. The summed E-state index contributed by atoms with van der Waals surface area (Å²) in [6.45, 7) is 4.10. The van der Waals surface area contributed by atoms with Gasteiger partial charge in [-0.05, 0) is 24.3 Å². The molecule has 1 nitrogen and oxygen atoms in total. The van der Waals surface area contributed by atoms with E-state index in [2.05, 4.69) is 6.92 Å². The second-order valence-corrected chi connectivity index (χ2v) is 4.04. The number of hydrogen-bond donors (Lipinski definition) is 1. The van der Waals surface area contributed by atoms with Crippen LogP contribution in [0.2, 0.25) is 0 Å². The third-order valence-electron chi connectivity index (χ3n) is 1.70. The first-order valence-corrected chi connectivity index (χ1v) is 5.25. The molecule has 0 saturated heterocycles. The van der Waals surface area contributed by atoms with Gasteiger partial charge < -0.3 is 5.11 Å². The Balaban J connectivity index is 2.72. The molecule has 1 aromatic rings. The lowest BCUT2D eigenvalue weighted by Crippen LogP contribution is -1.83. The van der Waals surface area contributed by atoms with Crippen molar-refractivity contribution >= 4 is 11.8 Å². The van der Waals surface area contributed by atoms with E-state index in [1.165, 1.54) is 0 Å². The summed E-state index contributed by atoms with van der Waals surface area (Å²) in [5.74, 6) is 2.42. The van der Waals surface area contributed by atoms with Gasteiger partial charge in [-0.1, -0.05) is 19.1 Å². The molecule has 0 amide bonds. The third kappa shape index (κ3) is 2.45. The largest absolute Gasteiger partial charge is 0.508 e. The van der Waals surface area contributed by atoms with E-state index in [1.807, 2.05) is 36.9 Å². The van der Waals surface area contributed by atoms with Gasteiger partial charge in [-0.2, -0.15) is 11.8 Å². The fraction of sp³-hybridized carbons (Fsp3) is 0.400. The van der Waals surface area contributed by atoms with Crippen LogP contribution in [0.5, 0.6) is 5.75 Å². The first-order valence-electron chi connectivity index (χ1n) is 4.10. The van der Waals surface area contributed by atoms with E-state index in [4.69, 9.17) is 0 Å². The van der Waals surface area contributed by atoms with Crippen molar-refractivity contribution in [3.05, 3.63) is 29.3 Å². The SMILES string of the molecule is CCSCc1ccc(C)cc1O. The maximum Gasteiger partial charge on any atom is 0.119 e. The summed E-state index contributed by atoms with van der Waals surface area (Å²) in [7, 11) is 0. The van der Waals surface area contributed by atoms with E-state index in [9.17, 15) is 5.11 Å². The van der Waals surface area contributed by atoms with Crippen LogP contribution in [-0.2, 0) is 5.75 Å². The van der Waals surface area contributed by atoms with Gasteiger partial charge in [0.1, 0.15) is 5.75 Å². The molecule has 0 spiro atoms. The van der Waals surface area contributed by atoms with Gasteiger partial charge >= 0.3 is 0 Å². The van der Waals surface area contributed by atoms with Gasteiger partial charge in [0.15, 0.2) is 0 Å². The third-order valence-corrected chi connectivity index (χ3v) is 2.63. The van der Waals surface area contributed by atoms with Crippen LogP contribution in [-0.4, -0.2) is 10.9 Å². The lowest BCUT2D eigenvalue weighted by Gasteiger charge is -2.03. The highest BCUT2D eigenvalue weighted by molar-refractivity contribution is 7.98. The van der Waals surface area contributed by atoms with E-state index < -0.39 is 0 Å². The van der Waals surface area contributed by atoms with Crippen LogP contribution in [0, 0.1) is 6.92 Å². The van der Waals surface area contributed by atoms with Crippen LogP contribution in [0.3, 0.4) is 0 Å². The van der Waals surface area contributed by atoms with Crippen molar-refractivity contribution in [1.82, 2.24) is 0 Å². The summed E-state index contributed by atoms with van der Waals surface area (Å²) in [5.41, 5.74) is 2.14. The first kappa shape index (κ1) is 9.46. The van der Waals surface area contributed by atoms with Gasteiger partial charge in [0.05, 0.1) is 0 Å². The molecular formula is C10H14OS. The Kier molecular flexibility index (Phi) is 3.48. The lowest BCUT2D eigenvalue weighted by molar-refractivity contribution is 0.470. The standard InChI is InChI=1S/C10H14OS/c1-3-12-7-9-5-4-8(2)6-10(9)11/h4-6,11H,3,7H2,1-2H3. The maximum atomic E-state index is 9.50. The van der Waals surface area contributed by atoms with Gasteiger partial charge in [0.2, 0.25) is 0 Å². The number of benzene rings is 1. The molecule has 66 valence electrons. The average molecular weight is 182 g/mol. The van der Waals surface area contributed by atoms with Crippen molar-refractivity contribution in [3.8, 4) is 5.75 Å². The summed E-state index contributed by atoms with van der Waals surface area (Å²) in [4.78, 5) is 0. The highest BCUT2D eigenvalue weighted by atomic mass is 32.2. The minimum absolute atomic E-state index is 0.427. The Morgan fingerprint density at radius 3 is 2.75 bits per heavy atom. The maximum absolute atomic E-state index is 9.50. The normalized spacial score (nSPS) is 10.2. The zero-order valence-corrected chi connectivity index (χ0v) is 8.32. The smallest absolute Gasteiger partial charge is 0.119 e. The Hall–Kier alpha value is -0.630. The van der Waals surface area contributed by atoms with Crippen molar-refractivity contribution in [2.24, 2.45) is 0 Å². The Labute approximate surface area is 77.8 Å². The van der Waals surface area contributed by atoms with E-state index >= 15 is 0 Å². The molecule has 0 radical (unpaired) electrons. The van der Waals surface area contributed by atoms with Crippen molar-refractivity contribution in [2.45, 2.75) is 19.6 Å². The highest BCUT2D eigenvalue weighted by Gasteiger charge is 1.99. The zero-order valence-electron chi connectivity index (χ0n) is 7.50. The fourth-order valence-corrected chi connectivity index (χ4v) is 1.68. The molecule has 0 aromatic heterocycles. The molecule has 1 rings (SSSR count). The summed E-state index contributed by atoms with van der Waals surface area (Å²) >= 11 is 1.82. The van der Waals surface area contributed by atoms with E-state index in [0.29, 0.717) is 5.75 Å². The quantitative estimate of drug-likeness (QED) is 0.775. The number of aromatic hydroxyl groups is 1. The summed E-state index contributed by atoms with van der Waals surface area (Å²) in [6.07, 6.45) is 0. The van der Waals surface area contributed by atoms with Crippen LogP contribution < -0.4 is 0 Å². The first-order chi connectivity index (χ1) is 5.74. The molecule has 0 heterocycles. The van der Waals surface area contributed by atoms with E-state index in [1.54, 1.807) is 0 Å². The zero-order chi connectivity index (χ0) is 8.97. The van der Waals surface area contributed by atoms with Gasteiger partial charge in [-0.15, -0.1) is 0 Å². The van der Waals surface area contributed by atoms with Crippen LogP contribution >= 0.6 is 11.8 Å². The molecule has 0 fully saturated rings. The van der Waals surface area contributed by atoms with Crippen LogP contribution in [0.25, 0.3) is 0 Å². The molecule has 2 heteroatoms. The summed E-state index contributed by atoms with van der Waals surface area (Å²) < 4.78 is 0. The molecule has 12 heavy (non-hydrogen) atoms. The molecule has 0 atom stereocenters. The average Bonchev–Trinajstić information content (AvgIpc) is 2.03. The van der Waals surface area contributed by atoms with Crippen LogP contribution in [0.4, 0.5) is 0 Å². The number of phenols is 1. The number of aryl methyl sites for hydroxylation is 1. The van der Waals surface area contributed by atoms with Crippen molar-refractivity contribution < 1.29 is 5.11 Å². The van der Waals surface area contributed by atoms with Gasteiger partial charge in [-0.3, -0.25) is 0 Å². The second kappa shape index (κ2) is 4.41. The minimum atomic E-state index is 0.427. The monoisotopic (exact) mass is 182 g/mol. The molecule has 1 aromatic carbocycles. The van der Waals surface area contributed by atoms with Crippen LogP contribution in [0.15, 0.2) is 18.2 Å². The number of hydrogen-bond acceptors (Lipinski definition) is 2. The number of rotatable bonds is 3. The molecule has 0 bridgehead atoms. The molecule has 0 aliphatic carbocycles. The minimum Gasteiger partial charge on any atom is -0.508 e. The number of phenolic OH excluding ortho intramolecular Hbond substituents is 1. The molecule has 0 aliphatic rings. The molecule has 0 unspecified atom stereocenters. The molecular weight excluding hydrogens is 168 g/mol. The van der Waals surface area contributed by atoms with Crippen molar-refractivity contribution in [3.63, 3.8) is 0 Å². The lowest BCUT2D eigenvalue weighted by atomic mass is 10.1. The second-order valence-electron chi connectivity index (χ2n) is 2.77. The molecule has 0 aliphatic heterocycles. The van der Waals surface area contributed by atoms with Gasteiger partial charge in [0, 0.05) is 11.3 Å². The van der Waals surface area contributed by atoms with Crippen molar-refractivity contribution in [1.29, 1.82) is 0 Å². The van der Waals surface area contributed by atoms with E-state index in [-0.39, 0.29) is 0 Å². The molecule has 0 saturated carbocycles. The fourth-order valence-electron chi connectivity index (χ4n) is 1.01. The van der Waals surface area contributed by atoms with Crippen molar-refractivity contribution in [2.75, 3.05) is 5.75 Å².